The lowest BCUT2D eigenvalue weighted by atomic mass is 10.00. The van der Waals surface area contributed by atoms with Crippen LogP contribution >= 0.6 is 11.6 Å². The van der Waals surface area contributed by atoms with Gasteiger partial charge < -0.3 is 5.73 Å². The van der Waals surface area contributed by atoms with Crippen molar-refractivity contribution in [2.75, 3.05) is 5.73 Å². The van der Waals surface area contributed by atoms with Crippen molar-refractivity contribution in [1.82, 2.24) is 9.97 Å². The zero-order valence-corrected chi connectivity index (χ0v) is 5.68. The maximum Gasteiger partial charge on any atom is 0.224 e. The maximum atomic E-state index is 5.41. The molecule has 0 fully saturated rings. The molecule has 0 aliphatic heterocycles. The summed E-state index contributed by atoms with van der Waals surface area (Å²) < 4.78 is 0. The van der Waals surface area contributed by atoms with Gasteiger partial charge in [0, 0.05) is 6.20 Å². The third kappa shape index (κ3) is 1.32. The van der Waals surface area contributed by atoms with Crippen molar-refractivity contribution < 1.29 is 0 Å². The third-order valence-electron chi connectivity index (χ3n) is 0.981. The zero-order valence-electron chi connectivity index (χ0n) is 4.93. The van der Waals surface area contributed by atoms with Gasteiger partial charge in [-0.3, -0.25) is 0 Å². The van der Waals surface area contributed by atoms with Crippen LogP contribution < -0.4 is 11.2 Å². The molecular weight excluding hydrogens is 136 g/mol. The Kier molecular flexibility index (Phi) is 1.57. The summed E-state index contributed by atoms with van der Waals surface area (Å²) in [5, 5.41) is 0.193. The molecule has 0 saturated carbocycles. The van der Waals surface area contributed by atoms with Gasteiger partial charge in [-0.15, -0.1) is 0 Å². The number of aromatic nitrogens is 2. The Morgan fingerprint density at radius 3 is 2.78 bits per heavy atom. The first-order valence-electron chi connectivity index (χ1n) is 2.45. The van der Waals surface area contributed by atoms with E-state index in [2.05, 4.69) is 9.97 Å². The number of halogens is 1. The van der Waals surface area contributed by atoms with E-state index in [-0.39, 0.29) is 5.28 Å². The average molecular weight is 141 g/mol. The third-order valence-corrected chi connectivity index (χ3v) is 1.16. The number of rotatable bonds is 0. The predicted molar refractivity (Wildman–Crippen MR) is 39.6 cm³/mol. The SMILES string of the molecule is Bc1cnc(Cl)nc1N. The highest BCUT2D eigenvalue weighted by molar-refractivity contribution is 6.35. The van der Waals surface area contributed by atoms with Crippen molar-refractivity contribution in [3.05, 3.63) is 11.5 Å². The largest absolute Gasteiger partial charge is 0.384 e. The molecule has 1 heterocycles. The highest BCUT2D eigenvalue weighted by Gasteiger charge is 1.94. The van der Waals surface area contributed by atoms with Crippen molar-refractivity contribution in [3.8, 4) is 0 Å². The summed E-state index contributed by atoms with van der Waals surface area (Å²) in [5.74, 6) is 0.440. The Morgan fingerprint density at radius 1 is 1.67 bits per heavy atom. The summed E-state index contributed by atoms with van der Waals surface area (Å²) in [6.07, 6.45) is 1.59. The van der Waals surface area contributed by atoms with E-state index in [9.17, 15) is 0 Å². The van der Waals surface area contributed by atoms with E-state index in [0.29, 0.717) is 5.82 Å². The number of anilines is 1. The lowest BCUT2D eigenvalue weighted by Gasteiger charge is -1.95. The predicted octanol–water partition coefficient (Wildman–Crippen LogP) is -1.03. The number of hydrogen-bond acceptors (Lipinski definition) is 3. The molecule has 0 unspecified atom stereocenters. The van der Waals surface area contributed by atoms with Crippen molar-refractivity contribution in [1.29, 1.82) is 0 Å². The van der Waals surface area contributed by atoms with Crippen molar-refractivity contribution in [3.63, 3.8) is 0 Å². The molecule has 1 aromatic heterocycles. The standard InChI is InChI=1S/C4H5BClN3/c5-2-1-8-4(6)9-3(2)7/h1H,5H2,(H2,7,8,9). The Balaban J connectivity index is 3.17. The van der Waals surface area contributed by atoms with Crippen LogP contribution in [0.1, 0.15) is 0 Å². The lowest BCUT2D eigenvalue weighted by Crippen LogP contribution is -2.12. The molecule has 2 N–H and O–H groups in total. The second-order valence-electron chi connectivity index (χ2n) is 1.71. The number of hydrogen-bond donors (Lipinski definition) is 1. The fourth-order valence-corrected chi connectivity index (χ4v) is 0.573. The molecule has 0 saturated heterocycles. The van der Waals surface area contributed by atoms with Crippen LogP contribution in [-0.2, 0) is 0 Å². The van der Waals surface area contributed by atoms with Crippen LogP contribution in [0.25, 0.3) is 0 Å². The quantitative estimate of drug-likeness (QED) is 0.371. The molecule has 0 amide bonds. The van der Waals surface area contributed by atoms with Gasteiger partial charge in [-0.2, -0.15) is 0 Å². The Morgan fingerprint density at radius 2 is 2.33 bits per heavy atom. The topological polar surface area (TPSA) is 51.8 Å². The minimum Gasteiger partial charge on any atom is -0.384 e. The number of nitrogens with two attached hydrogens (primary N) is 1. The average Bonchev–Trinajstić information content (AvgIpc) is 1.80. The van der Waals surface area contributed by atoms with E-state index >= 15 is 0 Å². The van der Waals surface area contributed by atoms with Crippen LogP contribution in [0.5, 0.6) is 0 Å². The van der Waals surface area contributed by atoms with E-state index in [1.165, 1.54) is 0 Å². The van der Waals surface area contributed by atoms with Gasteiger partial charge in [0.1, 0.15) is 13.7 Å². The van der Waals surface area contributed by atoms with Crippen LogP contribution in [0.15, 0.2) is 6.20 Å². The molecule has 0 atom stereocenters. The van der Waals surface area contributed by atoms with Gasteiger partial charge in [-0.05, 0) is 17.1 Å². The number of nitrogens with zero attached hydrogens (tertiary/aromatic N) is 2. The molecule has 0 radical (unpaired) electrons. The zero-order chi connectivity index (χ0) is 6.85. The molecule has 0 aliphatic rings. The molecule has 1 aromatic rings. The molecule has 5 heteroatoms. The fraction of sp³-hybridized carbons (Fsp3) is 0. The van der Waals surface area contributed by atoms with Crippen LogP contribution in [0, 0.1) is 0 Å². The minimum atomic E-state index is 0.193. The van der Waals surface area contributed by atoms with Gasteiger partial charge >= 0.3 is 0 Å². The van der Waals surface area contributed by atoms with Crippen LogP contribution in [0.4, 0.5) is 5.82 Å². The maximum absolute atomic E-state index is 5.41. The summed E-state index contributed by atoms with van der Waals surface area (Å²) in [6, 6.07) is 0. The monoisotopic (exact) mass is 141 g/mol. The van der Waals surface area contributed by atoms with E-state index < -0.39 is 0 Å². The Labute approximate surface area is 58.7 Å². The first-order chi connectivity index (χ1) is 4.20. The summed E-state index contributed by atoms with van der Waals surface area (Å²) >= 11 is 5.41. The molecule has 0 bridgehead atoms. The molecule has 3 nitrogen and oxygen atoms in total. The van der Waals surface area contributed by atoms with E-state index in [1.54, 1.807) is 6.20 Å². The Bertz CT molecular complexity index is 227. The van der Waals surface area contributed by atoms with Crippen LogP contribution in [0.2, 0.25) is 5.28 Å². The molecule has 46 valence electrons. The van der Waals surface area contributed by atoms with E-state index in [1.807, 2.05) is 7.85 Å². The molecular formula is C4H5BClN3. The van der Waals surface area contributed by atoms with E-state index in [0.717, 1.165) is 5.46 Å². The molecule has 1 rings (SSSR count). The highest BCUT2D eigenvalue weighted by atomic mass is 35.5. The normalized spacial score (nSPS) is 9.44. The fourth-order valence-electron chi connectivity index (χ4n) is 0.433. The first kappa shape index (κ1) is 6.36. The second-order valence-corrected chi connectivity index (χ2v) is 2.05. The minimum absolute atomic E-state index is 0.193. The molecule has 9 heavy (non-hydrogen) atoms. The molecule has 0 spiro atoms. The van der Waals surface area contributed by atoms with Gasteiger partial charge in [0.2, 0.25) is 5.28 Å². The molecule has 0 aliphatic carbocycles. The van der Waals surface area contributed by atoms with Crippen molar-refractivity contribution in [2.24, 2.45) is 0 Å². The van der Waals surface area contributed by atoms with Crippen LogP contribution in [0.3, 0.4) is 0 Å². The Hall–Kier alpha value is -0.765. The van der Waals surface area contributed by atoms with E-state index in [4.69, 9.17) is 17.3 Å². The van der Waals surface area contributed by atoms with Crippen molar-refractivity contribution in [2.45, 2.75) is 0 Å². The first-order valence-corrected chi connectivity index (χ1v) is 2.82. The van der Waals surface area contributed by atoms with Crippen molar-refractivity contribution >= 4 is 30.7 Å². The smallest absolute Gasteiger partial charge is 0.224 e. The van der Waals surface area contributed by atoms with Gasteiger partial charge in [-0.25, -0.2) is 9.97 Å². The summed E-state index contributed by atoms with van der Waals surface area (Å²) in [5.41, 5.74) is 6.23. The summed E-state index contributed by atoms with van der Waals surface area (Å²) in [6.45, 7) is 0. The number of nitrogen functional groups attached to an aromatic ring is 1. The summed E-state index contributed by atoms with van der Waals surface area (Å²) in [4.78, 5) is 7.42. The van der Waals surface area contributed by atoms with Gasteiger partial charge in [-0.1, -0.05) is 0 Å². The lowest BCUT2D eigenvalue weighted by molar-refractivity contribution is 1.19. The van der Waals surface area contributed by atoms with Gasteiger partial charge in [0.25, 0.3) is 0 Å². The molecule has 0 aromatic carbocycles. The summed E-state index contributed by atoms with van der Waals surface area (Å²) in [7, 11) is 1.83. The van der Waals surface area contributed by atoms with Gasteiger partial charge in [0.05, 0.1) is 0 Å². The second kappa shape index (κ2) is 2.23. The van der Waals surface area contributed by atoms with Crippen LogP contribution in [-0.4, -0.2) is 17.8 Å². The van der Waals surface area contributed by atoms with Gasteiger partial charge in [0.15, 0.2) is 0 Å². The highest BCUT2D eigenvalue weighted by Crippen LogP contribution is 1.97.